The van der Waals surface area contributed by atoms with Gasteiger partial charge in [0.2, 0.25) is 0 Å². The van der Waals surface area contributed by atoms with Crippen molar-refractivity contribution in [3.05, 3.63) is 30.1 Å². The smallest absolute Gasteiger partial charge is 0.408 e. The molecule has 0 radical (unpaired) electrons. The molecule has 0 heterocycles. The summed E-state index contributed by atoms with van der Waals surface area (Å²) in [6, 6.07) is 4.69. The Morgan fingerprint density at radius 3 is 2.19 bits per heavy atom. The Kier molecular flexibility index (Phi) is 7.36. The molecular formula is C17H24FN3O5. The molecule has 3 N–H and O–H groups in total. The number of halogens is 1. The molecule has 0 aliphatic heterocycles. The van der Waals surface area contributed by atoms with Gasteiger partial charge in [0.25, 0.3) is 11.8 Å². The van der Waals surface area contributed by atoms with E-state index >= 15 is 0 Å². The Hall–Kier alpha value is -2.84. The van der Waals surface area contributed by atoms with Gasteiger partial charge < -0.3 is 14.8 Å². The van der Waals surface area contributed by atoms with Crippen LogP contribution < -0.4 is 20.9 Å². The summed E-state index contributed by atoms with van der Waals surface area (Å²) in [4.78, 5) is 35.4. The highest BCUT2D eigenvalue weighted by Crippen LogP contribution is 2.16. The molecule has 1 rings (SSSR count). The van der Waals surface area contributed by atoms with Crippen molar-refractivity contribution in [1.82, 2.24) is 16.2 Å². The Bertz CT molecular complexity index is 660. The number of hydrogen-bond donors (Lipinski definition) is 3. The monoisotopic (exact) mass is 369 g/mol. The van der Waals surface area contributed by atoms with Gasteiger partial charge in [-0.05, 0) is 46.8 Å². The number of carbonyl (C=O) groups excluding carboxylic acids is 3. The number of hydrazine groups is 1. The van der Waals surface area contributed by atoms with E-state index in [0.717, 1.165) is 0 Å². The lowest BCUT2D eigenvalue weighted by Crippen LogP contribution is -2.53. The molecule has 0 fully saturated rings. The average Bonchev–Trinajstić information content (AvgIpc) is 2.52. The van der Waals surface area contributed by atoms with E-state index in [0.29, 0.717) is 0 Å². The molecule has 9 heteroatoms. The van der Waals surface area contributed by atoms with Gasteiger partial charge >= 0.3 is 6.09 Å². The van der Waals surface area contributed by atoms with Crippen molar-refractivity contribution in [2.24, 2.45) is 0 Å². The van der Waals surface area contributed by atoms with E-state index in [2.05, 4.69) is 16.2 Å². The third-order valence-electron chi connectivity index (χ3n) is 2.95. The minimum Gasteiger partial charge on any atom is -0.478 e. The van der Waals surface area contributed by atoms with E-state index < -0.39 is 41.5 Å². The van der Waals surface area contributed by atoms with E-state index in [9.17, 15) is 18.8 Å². The van der Waals surface area contributed by atoms with Gasteiger partial charge in [-0.3, -0.25) is 20.4 Å². The summed E-state index contributed by atoms with van der Waals surface area (Å²) >= 11 is 0. The zero-order valence-corrected chi connectivity index (χ0v) is 15.4. The van der Waals surface area contributed by atoms with Crippen LogP contribution in [0, 0.1) is 5.82 Å². The number of hydrogen-bond acceptors (Lipinski definition) is 5. The summed E-state index contributed by atoms with van der Waals surface area (Å²) < 4.78 is 23.7. The lowest BCUT2D eigenvalue weighted by Gasteiger charge is -2.22. The number of alkyl carbamates (subject to hydrolysis) is 1. The third-order valence-corrected chi connectivity index (χ3v) is 2.95. The second kappa shape index (κ2) is 9.02. The number of amides is 3. The van der Waals surface area contributed by atoms with Gasteiger partial charge in [0, 0.05) is 0 Å². The van der Waals surface area contributed by atoms with Crippen LogP contribution in [0.2, 0.25) is 0 Å². The maximum atomic E-state index is 13.5. The second-order valence-corrected chi connectivity index (χ2v) is 6.54. The Morgan fingerprint density at radius 2 is 1.62 bits per heavy atom. The summed E-state index contributed by atoms with van der Waals surface area (Å²) in [6.45, 7) is 7.89. The SMILES string of the molecule is CC(Oc1ccccc1F)C(=O)NNC(=O)[C@@H](C)NC(=O)OC(C)(C)C. The van der Waals surface area contributed by atoms with Crippen LogP contribution in [0.15, 0.2) is 24.3 Å². The van der Waals surface area contributed by atoms with Gasteiger partial charge in [0.05, 0.1) is 0 Å². The standard InChI is InChI=1S/C17H24FN3O5/c1-10(19-16(24)26-17(3,4)5)14(22)20-21-15(23)11(2)25-13-9-7-6-8-12(13)18/h6-11H,1-5H3,(H,19,24)(H,20,22)(H,21,23)/t10-,11?/m1/s1. The van der Waals surface area contributed by atoms with Crippen molar-refractivity contribution in [3.63, 3.8) is 0 Å². The van der Waals surface area contributed by atoms with E-state index in [-0.39, 0.29) is 5.75 Å². The highest BCUT2D eigenvalue weighted by molar-refractivity contribution is 5.88. The molecular weight excluding hydrogens is 345 g/mol. The largest absolute Gasteiger partial charge is 0.478 e. The lowest BCUT2D eigenvalue weighted by molar-refractivity contribution is -0.133. The van der Waals surface area contributed by atoms with Crippen molar-refractivity contribution in [2.75, 3.05) is 0 Å². The molecule has 2 atom stereocenters. The molecule has 26 heavy (non-hydrogen) atoms. The first kappa shape index (κ1) is 21.2. The first-order chi connectivity index (χ1) is 12.0. The molecule has 8 nitrogen and oxygen atoms in total. The van der Waals surface area contributed by atoms with Gasteiger partial charge in [-0.15, -0.1) is 0 Å². The van der Waals surface area contributed by atoms with Crippen LogP contribution in [0.4, 0.5) is 9.18 Å². The number of para-hydroxylation sites is 1. The highest BCUT2D eigenvalue weighted by Gasteiger charge is 2.22. The molecule has 1 aromatic carbocycles. The minimum absolute atomic E-state index is 0.0820. The summed E-state index contributed by atoms with van der Waals surface area (Å²) in [5.74, 6) is -2.04. The number of benzene rings is 1. The second-order valence-electron chi connectivity index (χ2n) is 6.54. The van der Waals surface area contributed by atoms with Gasteiger partial charge in [-0.25, -0.2) is 9.18 Å². The molecule has 0 saturated heterocycles. The van der Waals surface area contributed by atoms with Crippen molar-refractivity contribution in [2.45, 2.75) is 52.4 Å². The molecule has 1 unspecified atom stereocenters. The highest BCUT2D eigenvalue weighted by atomic mass is 19.1. The maximum Gasteiger partial charge on any atom is 0.408 e. The van der Waals surface area contributed by atoms with Crippen LogP contribution in [0.3, 0.4) is 0 Å². The molecule has 0 aliphatic rings. The molecule has 0 spiro atoms. The van der Waals surface area contributed by atoms with E-state index in [1.54, 1.807) is 26.8 Å². The molecule has 144 valence electrons. The normalized spacial score (nSPS) is 13.2. The predicted octanol–water partition coefficient (Wildman–Crippen LogP) is 1.65. The summed E-state index contributed by atoms with van der Waals surface area (Å²) in [5, 5.41) is 2.33. The predicted molar refractivity (Wildman–Crippen MR) is 91.6 cm³/mol. The number of nitrogens with one attached hydrogen (secondary N) is 3. The lowest BCUT2D eigenvalue weighted by atomic mass is 10.2. The fraction of sp³-hybridized carbons (Fsp3) is 0.471. The minimum atomic E-state index is -1.05. The first-order valence-electron chi connectivity index (χ1n) is 8.00. The number of rotatable bonds is 5. The molecule has 0 bridgehead atoms. The van der Waals surface area contributed by atoms with E-state index in [4.69, 9.17) is 9.47 Å². The molecule has 0 aliphatic carbocycles. The summed E-state index contributed by atoms with van der Waals surface area (Å²) in [5.41, 5.74) is 3.60. The van der Waals surface area contributed by atoms with Crippen LogP contribution in [-0.2, 0) is 14.3 Å². The van der Waals surface area contributed by atoms with Gasteiger partial charge in [0.1, 0.15) is 11.6 Å². The van der Waals surface area contributed by atoms with Crippen LogP contribution in [0.1, 0.15) is 34.6 Å². The van der Waals surface area contributed by atoms with Crippen LogP contribution >= 0.6 is 0 Å². The molecule has 3 amide bonds. The van der Waals surface area contributed by atoms with Gasteiger partial charge in [-0.2, -0.15) is 0 Å². The van der Waals surface area contributed by atoms with E-state index in [1.807, 2.05) is 0 Å². The fourth-order valence-electron chi connectivity index (χ4n) is 1.67. The quantitative estimate of drug-likeness (QED) is 0.685. The summed E-state index contributed by atoms with van der Waals surface area (Å²) in [6.07, 6.45) is -1.82. The first-order valence-corrected chi connectivity index (χ1v) is 8.00. The number of ether oxygens (including phenoxy) is 2. The average molecular weight is 369 g/mol. The Morgan fingerprint density at radius 1 is 1.04 bits per heavy atom. The summed E-state index contributed by atoms with van der Waals surface area (Å²) in [7, 11) is 0. The fourth-order valence-corrected chi connectivity index (χ4v) is 1.67. The Labute approximate surface area is 151 Å². The molecule has 1 aromatic rings. The van der Waals surface area contributed by atoms with Gasteiger partial charge in [0.15, 0.2) is 17.7 Å². The van der Waals surface area contributed by atoms with Crippen molar-refractivity contribution in [3.8, 4) is 5.75 Å². The van der Waals surface area contributed by atoms with Crippen LogP contribution in [-0.4, -0.2) is 35.7 Å². The number of carbonyl (C=O) groups is 3. The van der Waals surface area contributed by atoms with Crippen molar-refractivity contribution >= 4 is 17.9 Å². The Balaban J connectivity index is 2.44. The molecule has 0 saturated carbocycles. The van der Waals surface area contributed by atoms with Crippen molar-refractivity contribution in [1.29, 1.82) is 0 Å². The van der Waals surface area contributed by atoms with E-state index in [1.165, 1.54) is 32.0 Å². The molecule has 0 aromatic heterocycles. The van der Waals surface area contributed by atoms with Crippen molar-refractivity contribution < 1.29 is 28.2 Å². The van der Waals surface area contributed by atoms with Crippen LogP contribution in [0.25, 0.3) is 0 Å². The topological polar surface area (TPSA) is 106 Å². The zero-order valence-electron chi connectivity index (χ0n) is 15.4. The van der Waals surface area contributed by atoms with Crippen LogP contribution in [0.5, 0.6) is 5.75 Å². The maximum absolute atomic E-state index is 13.5. The zero-order chi connectivity index (χ0) is 19.9. The third kappa shape index (κ3) is 7.37. The van der Waals surface area contributed by atoms with Gasteiger partial charge in [-0.1, -0.05) is 12.1 Å².